The van der Waals surface area contributed by atoms with E-state index < -0.39 is 0 Å². The Morgan fingerprint density at radius 2 is 2.06 bits per heavy atom. The molecule has 1 aliphatic heterocycles. The highest BCUT2D eigenvalue weighted by Gasteiger charge is 2.38. The number of rotatable bonds is 6. The van der Waals surface area contributed by atoms with E-state index >= 15 is 0 Å². The molecule has 0 aromatic carbocycles. The second kappa shape index (κ2) is 6.53. The Labute approximate surface area is 108 Å². The summed E-state index contributed by atoms with van der Waals surface area (Å²) in [6, 6.07) is 0. The van der Waals surface area contributed by atoms with E-state index in [1.807, 2.05) is 0 Å². The van der Waals surface area contributed by atoms with Crippen molar-refractivity contribution in [1.29, 1.82) is 0 Å². The van der Waals surface area contributed by atoms with Crippen LogP contribution >= 0.6 is 23.5 Å². The van der Waals surface area contributed by atoms with E-state index in [1.165, 1.54) is 5.75 Å². The van der Waals surface area contributed by atoms with Crippen LogP contribution in [0.3, 0.4) is 0 Å². The maximum absolute atomic E-state index is 5.38. The van der Waals surface area contributed by atoms with Crippen LogP contribution in [-0.2, 0) is 9.47 Å². The van der Waals surface area contributed by atoms with E-state index in [0.717, 1.165) is 13.0 Å². The molecule has 0 radical (unpaired) electrons. The monoisotopic (exact) mass is 264 g/mol. The lowest BCUT2D eigenvalue weighted by molar-refractivity contribution is 0.0800. The molecule has 0 saturated carbocycles. The van der Waals surface area contributed by atoms with Crippen LogP contribution in [0.4, 0.5) is 0 Å². The van der Waals surface area contributed by atoms with Crippen molar-refractivity contribution >= 4 is 23.5 Å². The van der Waals surface area contributed by atoms with Crippen molar-refractivity contribution in [2.45, 2.75) is 43.1 Å². The second-order valence-corrected chi connectivity index (χ2v) is 7.96. The van der Waals surface area contributed by atoms with Crippen molar-refractivity contribution in [1.82, 2.24) is 0 Å². The first kappa shape index (κ1) is 14.7. The molecule has 0 spiro atoms. The van der Waals surface area contributed by atoms with Crippen LogP contribution in [0.2, 0.25) is 0 Å². The van der Waals surface area contributed by atoms with Gasteiger partial charge in [0.1, 0.15) is 0 Å². The van der Waals surface area contributed by atoms with Gasteiger partial charge in [0.05, 0.1) is 17.3 Å². The minimum Gasteiger partial charge on any atom is -0.384 e. The second-order valence-electron chi connectivity index (χ2n) is 5.12. The van der Waals surface area contributed by atoms with Gasteiger partial charge in [-0.25, -0.2) is 0 Å². The van der Waals surface area contributed by atoms with Crippen LogP contribution in [-0.4, -0.2) is 42.5 Å². The fourth-order valence-electron chi connectivity index (χ4n) is 2.05. The average molecular weight is 264 g/mol. The summed E-state index contributed by atoms with van der Waals surface area (Å²) < 4.78 is 11.3. The molecular weight excluding hydrogens is 240 g/mol. The molecule has 1 aliphatic rings. The van der Waals surface area contributed by atoms with Crippen molar-refractivity contribution < 1.29 is 9.47 Å². The predicted molar refractivity (Wildman–Crippen MR) is 74.4 cm³/mol. The van der Waals surface area contributed by atoms with E-state index in [-0.39, 0.29) is 0 Å². The Balaban J connectivity index is 2.44. The molecule has 4 heteroatoms. The Bertz CT molecular complexity index is 209. The van der Waals surface area contributed by atoms with Gasteiger partial charge in [-0.2, -0.15) is 0 Å². The van der Waals surface area contributed by atoms with Crippen LogP contribution in [0, 0.1) is 5.41 Å². The minimum absolute atomic E-state index is 0.327. The van der Waals surface area contributed by atoms with Gasteiger partial charge in [-0.15, -0.1) is 23.5 Å². The molecule has 0 N–H and O–H groups in total. The number of thioether (sulfide) groups is 2. The largest absolute Gasteiger partial charge is 0.384 e. The quantitative estimate of drug-likeness (QED) is 0.732. The predicted octanol–water partition coefficient (Wildman–Crippen LogP) is 3.26. The Hall–Kier alpha value is 0.620. The highest BCUT2D eigenvalue weighted by molar-refractivity contribution is 8.20. The Morgan fingerprint density at radius 1 is 1.38 bits per heavy atom. The molecule has 0 aliphatic carbocycles. The summed E-state index contributed by atoms with van der Waals surface area (Å²) in [5.74, 6) is 1.22. The van der Waals surface area contributed by atoms with Gasteiger partial charge in [-0.3, -0.25) is 0 Å². The minimum atomic E-state index is 0.327. The first-order valence-corrected chi connectivity index (χ1v) is 7.77. The zero-order valence-electron chi connectivity index (χ0n) is 11.0. The molecule has 1 fully saturated rings. The maximum atomic E-state index is 5.38. The highest BCUT2D eigenvalue weighted by Crippen LogP contribution is 2.49. The van der Waals surface area contributed by atoms with E-state index in [1.54, 1.807) is 14.2 Å². The lowest BCUT2D eigenvalue weighted by atomic mass is 9.89. The van der Waals surface area contributed by atoms with Crippen molar-refractivity contribution in [3.05, 3.63) is 0 Å². The molecule has 0 bridgehead atoms. The number of hydrogen-bond donors (Lipinski definition) is 0. The first-order valence-electron chi connectivity index (χ1n) is 5.78. The van der Waals surface area contributed by atoms with Gasteiger partial charge < -0.3 is 9.47 Å². The molecule has 16 heavy (non-hydrogen) atoms. The van der Waals surface area contributed by atoms with Gasteiger partial charge >= 0.3 is 0 Å². The fraction of sp³-hybridized carbons (Fsp3) is 1.00. The molecule has 1 rings (SSSR count). The van der Waals surface area contributed by atoms with Crippen molar-refractivity contribution in [2.75, 3.05) is 26.6 Å². The molecule has 1 saturated heterocycles. The molecule has 1 heterocycles. The fourth-order valence-corrected chi connectivity index (χ4v) is 5.68. The number of ether oxygens (including phenoxy) is 2. The smallest absolute Gasteiger partial charge is 0.0589 e. The van der Waals surface area contributed by atoms with E-state index in [9.17, 15) is 0 Å². The molecule has 96 valence electrons. The third kappa shape index (κ3) is 4.13. The number of hydrogen-bond acceptors (Lipinski definition) is 4. The molecule has 0 amide bonds. The summed E-state index contributed by atoms with van der Waals surface area (Å²) in [6.07, 6.45) is 1.46. The summed E-state index contributed by atoms with van der Waals surface area (Å²) in [5.41, 5.74) is 0.327. The molecule has 0 aromatic rings. The lowest BCUT2D eigenvalue weighted by Gasteiger charge is -2.32. The normalized spacial score (nSPS) is 28.3. The molecule has 0 aromatic heterocycles. The summed E-state index contributed by atoms with van der Waals surface area (Å²) in [7, 11) is 3.58. The van der Waals surface area contributed by atoms with Crippen molar-refractivity contribution in [2.24, 2.45) is 5.41 Å². The third-order valence-electron chi connectivity index (χ3n) is 2.96. The standard InChI is InChI=1S/C12H24O2S2/c1-9(14-5)6-12(2,3)11-15-8-10(16-11)7-13-4/h9-11H,6-8H2,1-5H3. The zero-order chi connectivity index (χ0) is 12.2. The molecule has 2 nitrogen and oxygen atoms in total. The maximum Gasteiger partial charge on any atom is 0.0589 e. The average Bonchev–Trinajstić information content (AvgIpc) is 2.67. The van der Waals surface area contributed by atoms with Crippen molar-refractivity contribution in [3.63, 3.8) is 0 Å². The molecule has 3 unspecified atom stereocenters. The first-order chi connectivity index (χ1) is 7.49. The van der Waals surface area contributed by atoms with Gasteiger partial charge in [0.25, 0.3) is 0 Å². The number of methoxy groups -OCH3 is 2. The van der Waals surface area contributed by atoms with Gasteiger partial charge in [0.15, 0.2) is 0 Å². The lowest BCUT2D eigenvalue weighted by Crippen LogP contribution is -2.28. The van der Waals surface area contributed by atoms with Crippen LogP contribution in [0.25, 0.3) is 0 Å². The van der Waals surface area contributed by atoms with E-state index in [0.29, 0.717) is 21.4 Å². The summed E-state index contributed by atoms with van der Waals surface area (Å²) in [4.78, 5) is 0. The molecular formula is C12H24O2S2. The molecule has 3 atom stereocenters. The van der Waals surface area contributed by atoms with E-state index in [2.05, 4.69) is 44.3 Å². The summed E-state index contributed by atoms with van der Waals surface area (Å²) in [6.45, 7) is 7.73. The SMILES string of the molecule is COCC1CSC(C(C)(C)CC(C)OC)S1. The zero-order valence-corrected chi connectivity index (χ0v) is 12.6. The Morgan fingerprint density at radius 3 is 2.62 bits per heavy atom. The topological polar surface area (TPSA) is 18.5 Å². The van der Waals surface area contributed by atoms with Crippen molar-refractivity contribution in [3.8, 4) is 0 Å². The highest BCUT2D eigenvalue weighted by atomic mass is 32.2. The van der Waals surface area contributed by atoms with Crippen LogP contribution in [0.15, 0.2) is 0 Å². The summed E-state index contributed by atoms with van der Waals surface area (Å²) in [5, 5.41) is 0.664. The third-order valence-corrected chi connectivity index (χ3v) is 7.02. The van der Waals surface area contributed by atoms with Gasteiger partial charge in [-0.05, 0) is 18.8 Å². The Kier molecular flexibility index (Phi) is 5.99. The van der Waals surface area contributed by atoms with Crippen LogP contribution in [0.5, 0.6) is 0 Å². The van der Waals surface area contributed by atoms with Crippen LogP contribution in [0.1, 0.15) is 27.2 Å². The summed E-state index contributed by atoms with van der Waals surface area (Å²) >= 11 is 4.15. The van der Waals surface area contributed by atoms with Gasteiger partial charge in [0.2, 0.25) is 0 Å². The van der Waals surface area contributed by atoms with E-state index in [4.69, 9.17) is 9.47 Å². The van der Waals surface area contributed by atoms with Gasteiger partial charge in [0, 0.05) is 25.2 Å². The van der Waals surface area contributed by atoms with Gasteiger partial charge in [-0.1, -0.05) is 13.8 Å². The van der Waals surface area contributed by atoms with Crippen LogP contribution < -0.4 is 0 Å².